The Labute approximate surface area is 246 Å². The Morgan fingerprint density at radius 1 is 1.05 bits per heavy atom. The Balaban J connectivity index is 1.65. The van der Waals surface area contributed by atoms with Gasteiger partial charge >= 0.3 is 5.97 Å². The molecule has 0 radical (unpaired) electrons. The van der Waals surface area contributed by atoms with Crippen LogP contribution in [-0.4, -0.2) is 78.3 Å². The topological polar surface area (TPSA) is 207 Å². The summed E-state index contributed by atoms with van der Waals surface area (Å²) in [5.74, 6) is -2.05. The lowest BCUT2D eigenvalue weighted by molar-refractivity contribution is -0.234. The van der Waals surface area contributed by atoms with Crippen LogP contribution < -0.4 is 5.43 Å². The van der Waals surface area contributed by atoms with Crippen LogP contribution >= 0.6 is 0 Å². The SMILES string of the molecule is C=C[C@@](C)(O)CCC=C(C)C(=O)OC[C@@H]1O[C@@H](c2c(O)cc(O)c3c(=O)cc(-c4ccc(O)cc4)oc23)[C@H](O)[C@@H](O)[C@@H]1O. The Bertz CT molecular complexity index is 1590. The summed E-state index contributed by atoms with van der Waals surface area (Å²) < 4.78 is 17.0. The largest absolute Gasteiger partial charge is 0.508 e. The zero-order valence-corrected chi connectivity index (χ0v) is 23.5. The van der Waals surface area contributed by atoms with Crippen molar-refractivity contribution in [2.45, 2.75) is 62.8 Å². The molecule has 1 aromatic heterocycles. The maximum Gasteiger partial charge on any atom is 0.333 e. The van der Waals surface area contributed by atoms with Crippen molar-refractivity contribution < 1.29 is 54.4 Å². The molecule has 1 saturated heterocycles. The van der Waals surface area contributed by atoms with Crippen molar-refractivity contribution in [2.24, 2.45) is 0 Å². The van der Waals surface area contributed by atoms with Crippen LogP contribution in [0.25, 0.3) is 22.3 Å². The molecular formula is C31H34O12. The molecule has 0 spiro atoms. The van der Waals surface area contributed by atoms with Crippen molar-refractivity contribution in [1.82, 2.24) is 0 Å². The molecule has 1 aliphatic heterocycles. The fraction of sp³-hybridized carbons (Fsp3) is 0.355. The number of fused-ring (bicyclic) bond motifs is 1. The first-order chi connectivity index (χ1) is 20.2. The summed E-state index contributed by atoms with van der Waals surface area (Å²) in [6, 6.07) is 7.62. The third-order valence-corrected chi connectivity index (χ3v) is 7.39. The summed E-state index contributed by atoms with van der Waals surface area (Å²) in [5.41, 5.74) is -1.88. The minimum Gasteiger partial charge on any atom is -0.508 e. The van der Waals surface area contributed by atoms with E-state index in [4.69, 9.17) is 13.9 Å². The Morgan fingerprint density at radius 3 is 2.37 bits per heavy atom. The molecule has 4 rings (SSSR count). The van der Waals surface area contributed by atoms with E-state index >= 15 is 0 Å². The highest BCUT2D eigenvalue weighted by Gasteiger charge is 2.46. The lowest BCUT2D eigenvalue weighted by Crippen LogP contribution is -2.55. The van der Waals surface area contributed by atoms with Gasteiger partial charge in [0, 0.05) is 23.3 Å². The van der Waals surface area contributed by atoms with Crippen LogP contribution in [0.3, 0.4) is 0 Å². The molecule has 6 atom stereocenters. The molecule has 0 bridgehead atoms. The van der Waals surface area contributed by atoms with E-state index in [0.717, 1.165) is 12.1 Å². The Morgan fingerprint density at radius 2 is 1.72 bits per heavy atom. The molecule has 7 N–H and O–H groups in total. The van der Waals surface area contributed by atoms with Gasteiger partial charge in [0.2, 0.25) is 0 Å². The first kappa shape index (κ1) is 31.7. The van der Waals surface area contributed by atoms with Gasteiger partial charge in [-0.3, -0.25) is 4.79 Å². The molecule has 43 heavy (non-hydrogen) atoms. The highest BCUT2D eigenvalue weighted by Crippen LogP contribution is 2.43. The fourth-order valence-corrected chi connectivity index (χ4v) is 4.73. The standard InChI is InChI=1S/C31H34O12/c1-4-31(3,40)11-5-6-15(2)30(39)41-14-22-25(36)26(37)27(38)29(43-22)24-19(34)12-18(33)23-20(35)13-21(42-28(23)24)16-7-9-17(32)10-8-16/h4,6-10,12-13,22,25-27,29,32-34,36-38,40H,1,5,11,14H2,2-3H3/t22-,25+,26-,27+,29-,31+/m0/s1. The van der Waals surface area contributed by atoms with Gasteiger partial charge in [-0.2, -0.15) is 0 Å². The molecule has 2 heterocycles. The normalized spacial score (nSPS) is 24.0. The first-order valence-electron chi connectivity index (χ1n) is 13.5. The quantitative estimate of drug-likeness (QED) is 0.108. The van der Waals surface area contributed by atoms with Crippen molar-refractivity contribution in [3.63, 3.8) is 0 Å². The number of carbonyl (C=O) groups is 1. The third-order valence-electron chi connectivity index (χ3n) is 7.39. The predicted octanol–water partition coefficient (Wildman–Crippen LogP) is 2.31. The number of carbonyl (C=O) groups excluding carboxylic acids is 1. The van der Waals surface area contributed by atoms with E-state index in [-0.39, 0.29) is 33.6 Å². The van der Waals surface area contributed by atoms with E-state index in [1.165, 1.54) is 37.3 Å². The van der Waals surface area contributed by atoms with Crippen LogP contribution in [0.2, 0.25) is 0 Å². The number of aliphatic hydroxyl groups excluding tert-OH is 3. The van der Waals surface area contributed by atoms with Crippen LogP contribution in [0, 0.1) is 0 Å². The summed E-state index contributed by atoms with van der Waals surface area (Å²) in [5, 5.41) is 72.7. The monoisotopic (exact) mass is 598 g/mol. The van der Waals surface area contributed by atoms with E-state index in [1.807, 2.05) is 0 Å². The third kappa shape index (κ3) is 6.74. The molecule has 0 unspecified atom stereocenters. The minimum atomic E-state index is -1.84. The second kappa shape index (κ2) is 12.6. The number of rotatable bonds is 9. The lowest BCUT2D eigenvalue weighted by atomic mass is 9.89. The summed E-state index contributed by atoms with van der Waals surface area (Å²) in [4.78, 5) is 25.6. The van der Waals surface area contributed by atoms with E-state index in [9.17, 15) is 45.3 Å². The zero-order chi connectivity index (χ0) is 31.6. The van der Waals surface area contributed by atoms with Crippen molar-refractivity contribution in [3.8, 4) is 28.6 Å². The van der Waals surface area contributed by atoms with Gasteiger partial charge in [-0.1, -0.05) is 12.2 Å². The molecule has 12 heteroatoms. The zero-order valence-electron chi connectivity index (χ0n) is 23.5. The number of allylic oxidation sites excluding steroid dienone is 1. The molecule has 12 nitrogen and oxygen atoms in total. The first-order valence-corrected chi connectivity index (χ1v) is 13.5. The number of ether oxygens (including phenoxy) is 2. The fourth-order valence-electron chi connectivity index (χ4n) is 4.73. The van der Waals surface area contributed by atoms with Gasteiger partial charge in [-0.15, -0.1) is 6.58 Å². The molecule has 1 fully saturated rings. The molecule has 2 aromatic carbocycles. The summed E-state index contributed by atoms with van der Waals surface area (Å²) >= 11 is 0. The summed E-state index contributed by atoms with van der Waals surface area (Å²) in [7, 11) is 0. The molecule has 1 aliphatic rings. The van der Waals surface area contributed by atoms with Gasteiger partial charge in [0.05, 0.1) is 11.2 Å². The van der Waals surface area contributed by atoms with Gasteiger partial charge in [-0.25, -0.2) is 4.79 Å². The van der Waals surface area contributed by atoms with Gasteiger partial charge in [0.15, 0.2) is 11.0 Å². The van der Waals surface area contributed by atoms with Crippen molar-refractivity contribution >= 4 is 16.9 Å². The predicted molar refractivity (Wildman–Crippen MR) is 153 cm³/mol. The van der Waals surface area contributed by atoms with Gasteiger partial charge < -0.3 is 49.6 Å². The van der Waals surface area contributed by atoms with Crippen LogP contribution in [0.1, 0.15) is 38.4 Å². The molecule has 230 valence electrons. The summed E-state index contributed by atoms with van der Waals surface area (Å²) in [6.07, 6.45) is -4.78. The molecule has 0 saturated carbocycles. The lowest BCUT2D eigenvalue weighted by Gasteiger charge is -2.40. The second-order valence-corrected chi connectivity index (χ2v) is 10.7. The highest BCUT2D eigenvalue weighted by molar-refractivity contribution is 5.90. The average molecular weight is 599 g/mol. The maximum absolute atomic E-state index is 13.0. The number of hydrogen-bond acceptors (Lipinski definition) is 12. The van der Waals surface area contributed by atoms with Gasteiger partial charge in [-0.05, 0) is 51.0 Å². The van der Waals surface area contributed by atoms with Crippen LogP contribution in [-0.2, 0) is 14.3 Å². The summed E-state index contributed by atoms with van der Waals surface area (Å²) in [6.45, 7) is 6.06. The number of benzene rings is 2. The van der Waals surface area contributed by atoms with E-state index in [2.05, 4.69) is 6.58 Å². The Hall–Kier alpha value is -4.20. The molecule has 0 aliphatic carbocycles. The second-order valence-electron chi connectivity index (χ2n) is 10.7. The van der Waals surface area contributed by atoms with Crippen molar-refractivity contribution in [3.05, 3.63) is 76.5 Å². The van der Waals surface area contributed by atoms with Crippen LogP contribution in [0.4, 0.5) is 0 Å². The van der Waals surface area contributed by atoms with Crippen molar-refractivity contribution in [2.75, 3.05) is 6.61 Å². The maximum atomic E-state index is 13.0. The highest BCUT2D eigenvalue weighted by atomic mass is 16.6. The van der Waals surface area contributed by atoms with E-state index in [0.29, 0.717) is 18.4 Å². The van der Waals surface area contributed by atoms with Crippen molar-refractivity contribution in [1.29, 1.82) is 0 Å². The number of esters is 1. The molecule has 0 amide bonds. The number of aromatic hydroxyl groups is 3. The Kier molecular flexibility index (Phi) is 9.28. The number of aliphatic hydroxyl groups is 4. The van der Waals surface area contributed by atoms with Gasteiger partial charge in [0.25, 0.3) is 0 Å². The minimum absolute atomic E-state index is 0.00280. The average Bonchev–Trinajstić information content (AvgIpc) is 2.96. The number of phenols is 3. The van der Waals surface area contributed by atoms with E-state index < -0.39 is 65.6 Å². The smallest absolute Gasteiger partial charge is 0.333 e. The number of phenolic OH excluding ortho intramolecular Hbond substituents is 3. The van der Waals surface area contributed by atoms with Crippen LogP contribution in [0.5, 0.6) is 17.2 Å². The molecule has 3 aromatic rings. The van der Waals surface area contributed by atoms with Gasteiger partial charge in [0.1, 0.15) is 65.5 Å². The number of hydrogen-bond donors (Lipinski definition) is 7. The van der Waals surface area contributed by atoms with E-state index in [1.54, 1.807) is 13.0 Å². The van der Waals surface area contributed by atoms with Crippen LogP contribution in [0.15, 0.2) is 69.9 Å². The molecular weight excluding hydrogens is 564 g/mol.